The Hall–Kier alpha value is -9.23. The van der Waals surface area contributed by atoms with Crippen molar-refractivity contribution < 1.29 is 52.5 Å². The minimum Gasteiger partial charge on any atom is -0.497 e. The summed E-state index contributed by atoms with van der Waals surface area (Å²) in [4.78, 5) is 68.0. The fourth-order valence-corrected chi connectivity index (χ4v) is 9.98. The molecule has 3 N–H and O–H groups in total. The second kappa shape index (κ2) is 35.8. The molecule has 1 saturated heterocycles. The first kappa shape index (κ1) is 67.6. The molecule has 2 aliphatic carbocycles. The molecule has 0 unspecified atom stereocenters. The number of isocyanates is 1. The van der Waals surface area contributed by atoms with Gasteiger partial charge in [-0.25, -0.2) is 14.8 Å². The van der Waals surface area contributed by atoms with Crippen LogP contribution in [-0.4, -0.2) is 61.7 Å². The molecule has 18 heteroatoms. The van der Waals surface area contributed by atoms with E-state index in [-0.39, 0.29) is 32.1 Å². The van der Waals surface area contributed by atoms with Crippen molar-refractivity contribution in [2.75, 3.05) is 38.5 Å². The number of carbonyl (C=O) groups is 1. The molecule has 3 heterocycles. The number of aryl methyl sites for hydroxylation is 2. The van der Waals surface area contributed by atoms with Crippen molar-refractivity contribution in [1.29, 1.82) is 0 Å². The van der Waals surface area contributed by atoms with E-state index in [2.05, 4.69) is 32.4 Å². The van der Waals surface area contributed by atoms with E-state index in [0.717, 1.165) is 107 Å². The van der Waals surface area contributed by atoms with Gasteiger partial charge >= 0.3 is 12.3 Å². The number of anilines is 2. The zero-order valence-electron chi connectivity index (χ0n) is 47.7. The van der Waals surface area contributed by atoms with Crippen LogP contribution in [-0.2, 0) is 65.6 Å². The minimum atomic E-state index is -0.190. The molecule has 1 fully saturated rings. The van der Waals surface area contributed by atoms with Gasteiger partial charge in [0, 0.05) is 41.8 Å². The highest BCUT2D eigenvalue weighted by Crippen LogP contribution is 2.41. The highest BCUT2D eigenvalue weighted by atomic mass is 35.5. The average molecular weight is 1200 g/mol. The molecule has 446 valence electrons. The molecule has 8 aromatic rings. The van der Waals surface area contributed by atoms with E-state index in [1.807, 2.05) is 111 Å². The quantitative estimate of drug-likeness (QED) is 0.0857. The summed E-state index contributed by atoms with van der Waals surface area (Å²) in [5, 5.41) is 4.10. The molecule has 0 bridgehead atoms. The number of carbonyl (C=O) groups excluding carboxylic acids is 6. The molecule has 16 nitrogen and oxygen atoms in total. The van der Waals surface area contributed by atoms with Crippen LogP contribution in [0.2, 0.25) is 10.0 Å². The smallest absolute Gasteiger partial charge is 0.373 e. The lowest BCUT2D eigenvalue weighted by atomic mass is 9.91. The van der Waals surface area contributed by atoms with Crippen molar-refractivity contribution in [3.8, 4) is 57.0 Å². The van der Waals surface area contributed by atoms with Crippen LogP contribution in [0.4, 0.5) is 17.1 Å². The number of rotatable bonds is 12. The van der Waals surface area contributed by atoms with Crippen molar-refractivity contribution >= 4 is 64.6 Å². The summed E-state index contributed by atoms with van der Waals surface area (Å²) in [5.74, 6) is 3.93. The van der Waals surface area contributed by atoms with E-state index < -0.39 is 0 Å². The van der Waals surface area contributed by atoms with E-state index in [0.29, 0.717) is 38.9 Å². The van der Waals surface area contributed by atoms with Gasteiger partial charge in [0.25, 0.3) is 0 Å². The summed E-state index contributed by atoms with van der Waals surface area (Å²) in [5.41, 5.74) is 19.7. The number of amides is 1. The third-order valence-electron chi connectivity index (χ3n) is 14.0. The lowest BCUT2D eigenvalue weighted by Crippen LogP contribution is -2.17. The van der Waals surface area contributed by atoms with E-state index >= 15 is 0 Å². The summed E-state index contributed by atoms with van der Waals surface area (Å²) in [6.45, 7) is 5.98. The molecule has 0 atom stereocenters. The highest BCUT2D eigenvalue weighted by Gasteiger charge is 2.22. The van der Waals surface area contributed by atoms with Crippen molar-refractivity contribution in [2.24, 2.45) is 4.99 Å². The van der Waals surface area contributed by atoms with Gasteiger partial charge < -0.3 is 34.7 Å². The molecule has 1 aliphatic heterocycles. The lowest BCUT2D eigenvalue weighted by molar-refractivity contribution is -0.193. The number of hydrogen-bond donors (Lipinski definition) is 2. The van der Waals surface area contributed by atoms with Gasteiger partial charge in [0.1, 0.15) is 28.7 Å². The molecule has 0 radical (unpaired) electrons. The number of nitrogen functional groups attached to an aromatic ring is 1. The first-order chi connectivity index (χ1) is 41.4. The molecule has 86 heavy (non-hydrogen) atoms. The van der Waals surface area contributed by atoms with Crippen LogP contribution in [0.5, 0.6) is 34.8 Å². The number of ether oxygens (including phenoxy) is 5. The molecule has 6 aromatic carbocycles. The number of benzene rings is 6. The second-order valence-corrected chi connectivity index (χ2v) is 20.1. The van der Waals surface area contributed by atoms with Gasteiger partial charge in [-0.2, -0.15) is 24.2 Å². The largest absolute Gasteiger partial charge is 0.497 e. The number of hydrogen-bond acceptors (Lipinski definition) is 15. The topological polar surface area (TPSA) is 225 Å². The number of halogens is 2. The third-order valence-corrected chi connectivity index (χ3v) is 14.7. The summed E-state index contributed by atoms with van der Waals surface area (Å²) in [6, 6.07) is 42.3. The Morgan fingerprint density at radius 2 is 1.06 bits per heavy atom. The van der Waals surface area contributed by atoms with Crippen LogP contribution in [0.15, 0.2) is 151 Å². The number of nitrogens with two attached hydrogens (primary N) is 1. The number of pyridine rings is 2. The van der Waals surface area contributed by atoms with E-state index in [4.69, 9.17) is 71.8 Å². The Balaban J connectivity index is 0.000000238. The number of para-hydroxylation sites is 1. The molecule has 2 aromatic heterocycles. The maximum atomic E-state index is 13.2. The number of aliphatic imine (C=N–C) groups is 1. The number of nitrogens with zero attached hydrogens (tertiary/aromatic N) is 3. The zero-order chi connectivity index (χ0) is 60.9. The molecule has 3 aliphatic rings. The Kier molecular flexibility index (Phi) is 28.1. The monoisotopic (exact) mass is 1200 g/mol. The van der Waals surface area contributed by atoms with Gasteiger partial charge in [0.05, 0.1) is 37.0 Å². The van der Waals surface area contributed by atoms with Gasteiger partial charge in [-0.05, 0) is 183 Å². The summed E-state index contributed by atoms with van der Waals surface area (Å²) < 4.78 is 28.1. The number of fused-ring (bicyclic) bond motifs is 2. The maximum Gasteiger partial charge on any atom is 0.373 e. The summed E-state index contributed by atoms with van der Waals surface area (Å²) >= 11 is 11.9. The average Bonchev–Trinajstić information content (AvgIpc) is 3.55. The van der Waals surface area contributed by atoms with E-state index in [1.165, 1.54) is 60.4 Å². The SMILES string of the molecule is C.C1CCOC1.COc1ccc(-c2cnc(Oc3cccc4c3CCCC4)c(N)c2C)cc1.COc1ccc(-c2cnc(Oc3cccc4c3CCCC4)c(NC(=O)Cc3ccccc3Cl)c2C)cc1.O=C=Nc1ccccc1Cl.O=C=O.O=C=O. The Morgan fingerprint density at radius 1 is 0.593 bits per heavy atom. The second-order valence-electron chi connectivity index (χ2n) is 19.3. The summed E-state index contributed by atoms with van der Waals surface area (Å²) in [6.07, 6.45) is 17.2. The number of nitrogens with one attached hydrogen (secondary N) is 1. The predicted octanol–water partition coefficient (Wildman–Crippen LogP) is 15.5. The van der Waals surface area contributed by atoms with Crippen LogP contribution in [0.1, 0.15) is 84.9 Å². The van der Waals surface area contributed by atoms with Crippen LogP contribution in [0, 0.1) is 13.8 Å². The van der Waals surface area contributed by atoms with Gasteiger partial charge in [0.2, 0.25) is 23.7 Å². The summed E-state index contributed by atoms with van der Waals surface area (Å²) in [7, 11) is 3.30. The predicted molar refractivity (Wildman–Crippen MR) is 332 cm³/mol. The molecule has 11 rings (SSSR count). The van der Waals surface area contributed by atoms with Crippen LogP contribution in [0.3, 0.4) is 0 Å². The van der Waals surface area contributed by atoms with Crippen LogP contribution in [0.25, 0.3) is 22.3 Å². The van der Waals surface area contributed by atoms with Gasteiger partial charge in [-0.15, -0.1) is 0 Å². The third kappa shape index (κ3) is 19.4. The molecule has 0 saturated carbocycles. The standard InChI is InChI=1S/C31H29ClN2O3.C23H24N2O2.C7H4ClNO.C4H8O.2CO2.CH4/c1-20-26(22-14-16-24(36-2)17-15-22)19-33-31(37-28-13-7-10-21-8-3-5-11-25(21)28)30(20)34-29(35)18-23-9-4-6-12-27(23)32;1-15-20(17-10-12-18(26-2)13-11-17)14-25-23(22(15)24)27-21-9-5-7-16-6-3-4-8-19(16)21;8-6-3-1-2-4-7(6)9-5-10;1-2-4-5-3-1;2*2-1-3;/h4,6-7,9-10,12-17,19H,3,5,8,11,18H2,1-2H3,(H,34,35);5,7,9-14H,3-4,6,8,24H2,1-2H3;1-4H;1-4H2;;;1H4. The zero-order valence-corrected chi connectivity index (χ0v) is 49.2. The highest BCUT2D eigenvalue weighted by molar-refractivity contribution is 6.33. The first-order valence-corrected chi connectivity index (χ1v) is 28.2. The van der Waals surface area contributed by atoms with Crippen LogP contribution >= 0.6 is 23.2 Å². The van der Waals surface area contributed by atoms with Gasteiger partial charge in [-0.3, -0.25) is 4.79 Å². The molecule has 1 amide bonds. The number of aromatic nitrogens is 2. The van der Waals surface area contributed by atoms with Crippen molar-refractivity contribution in [1.82, 2.24) is 9.97 Å². The Labute approximate surface area is 511 Å². The Bertz CT molecular complexity index is 3590. The van der Waals surface area contributed by atoms with Crippen LogP contribution < -0.4 is 30.0 Å². The van der Waals surface area contributed by atoms with E-state index in [1.54, 1.807) is 50.7 Å². The van der Waals surface area contributed by atoms with Gasteiger partial charge in [0.15, 0.2) is 0 Å². The molecule has 0 spiro atoms. The van der Waals surface area contributed by atoms with Crippen molar-refractivity contribution in [3.05, 3.63) is 195 Å². The first-order valence-electron chi connectivity index (χ1n) is 27.4. The van der Waals surface area contributed by atoms with Gasteiger partial charge in [-0.1, -0.05) is 109 Å². The minimum absolute atomic E-state index is 0. The maximum absolute atomic E-state index is 13.2. The van der Waals surface area contributed by atoms with E-state index in [9.17, 15) is 9.59 Å². The van der Waals surface area contributed by atoms with Crippen molar-refractivity contribution in [3.63, 3.8) is 0 Å². The fraction of sp³-hybridized carbons (Fsp3) is 0.265. The van der Waals surface area contributed by atoms with Crippen molar-refractivity contribution in [2.45, 2.75) is 91.9 Å². The number of methoxy groups -OCH3 is 2. The fourth-order valence-electron chi connectivity index (χ4n) is 9.60. The lowest BCUT2D eigenvalue weighted by Gasteiger charge is -2.21. The normalized spacial score (nSPS) is 12.1. The molecular weight excluding hydrogens is 1130 g/mol. The molecular formula is C68H69Cl2N5O11. The Morgan fingerprint density at radius 3 is 1.53 bits per heavy atom.